The number of rotatable bonds is 3. The van der Waals surface area contributed by atoms with Crippen LogP contribution >= 0.6 is 12.6 Å². The fourth-order valence-corrected chi connectivity index (χ4v) is 1.82. The highest BCUT2D eigenvalue weighted by Crippen LogP contribution is 2.28. The third kappa shape index (κ3) is 2.76. The van der Waals surface area contributed by atoms with Crippen LogP contribution < -0.4 is 0 Å². The molecule has 0 bridgehead atoms. The molecule has 0 aliphatic rings. The summed E-state index contributed by atoms with van der Waals surface area (Å²) in [6, 6.07) is 6.20. The van der Waals surface area contributed by atoms with Crippen molar-refractivity contribution < 1.29 is 4.79 Å². The normalized spacial score (nSPS) is 12.6. The minimum atomic E-state index is 0.483. The van der Waals surface area contributed by atoms with Crippen molar-refractivity contribution in [3.8, 4) is 0 Å². The minimum Gasteiger partial charge on any atom is -0.298 e. The summed E-state index contributed by atoms with van der Waals surface area (Å²) >= 11 is 4.44. The van der Waals surface area contributed by atoms with Gasteiger partial charge in [-0.3, -0.25) is 4.79 Å². The average molecular weight is 234 g/mol. The van der Waals surface area contributed by atoms with Crippen LogP contribution in [0.2, 0.25) is 0 Å². The van der Waals surface area contributed by atoms with Gasteiger partial charge in [-0.2, -0.15) is 0 Å². The Bertz CT molecular complexity index is 430. The van der Waals surface area contributed by atoms with Crippen LogP contribution in [0.4, 0.5) is 0 Å². The van der Waals surface area contributed by atoms with Crippen molar-refractivity contribution in [1.82, 2.24) is 0 Å². The zero-order valence-electron chi connectivity index (χ0n) is 10.2. The second-order valence-corrected chi connectivity index (χ2v) is 4.84. The van der Waals surface area contributed by atoms with E-state index in [1.54, 1.807) is 0 Å². The molecule has 0 N–H and O–H groups in total. The van der Waals surface area contributed by atoms with Crippen LogP contribution in [0.3, 0.4) is 0 Å². The highest BCUT2D eigenvalue weighted by molar-refractivity contribution is 7.80. The third-order valence-electron chi connectivity index (χ3n) is 2.86. The molecule has 0 saturated heterocycles. The minimum absolute atomic E-state index is 0.483. The lowest BCUT2D eigenvalue weighted by Crippen LogP contribution is -1.93. The Morgan fingerprint density at radius 1 is 1.31 bits per heavy atom. The van der Waals surface area contributed by atoms with E-state index in [2.05, 4.69) is 38.6 Å². The summed E-state index contributed by atoms with van der Waals surface area (Å²) in [4.78, 5) is 11.7. The van der Waals surface area contributed by atoms with Gasteiger partial charge in [0.15, 0.2) is 0 Å². The van der Waals surface area contributed by atoms with E-state index in [9.17, 15) is 4.79 Å². The van der Waals surface area contributed by atoms with Crippen molar-refractivity contribution in [2.24, 2.45) is 0 Å². The summed E-state index contributed by atoms with van der Waals surface area (Å²) in [5.74, 6) is 0.483. The molecule has 86 valence electrons. The molecular formula is C14H18OS. The van der Waals surface area contributed by atoms with E-state index in [4.69, 9.17) is 0 Å². The van der Waals surface area contributed by atoms with E-state index < -0.39 is 0 Å². The molecule has 1 nitrogen and oxygen atoms in total. The Kier molecular flexibility index (Phi) is 4.36. The summed E-state index contributed by atoms with van der Waals surface area (Å²) in [6.45, 7) is 8.10. The van der Waals surface area contributed by atoms with Crippen LogP contribution in [0, 0.1) is 0 Å². The number of carbonyl (C=O) groups excluding carboxylic acids is 1. The van der Waals surface area contributed by atoms with Gasteiger partial charge in [0.1, 0.15) is 6.29 Å². The van der Waals surface area contributed by atoms with E-state index in [-0.39, 0.29) is 0 Å². The predicted octanol–water partition coefficient (Wildman–Crippen LogP) is 4.09. The van der Waals surface area contributed by atoms with Crippen LogP contribution in [0.25, 0.3) is 5.57 Å². The number of benzene rings is 1. The van der Waals surface area contributed by atoms with Gasteiger partial charge in [0.25, 0.3) is 0 Å². The molecule has 1 aromatic rings. The van der Waals surface area contributed by atoms with Crippen molar-refractivity contribution in [2.45, 2.75) is 38.5 Å². The molecule has 2 heteroatoms. The first kappa shape index (κ1) is 13.0. The molecule has 0 atom stereocenters. The lowest BCUT2D eigenvalue weighted by atomic mass is 9.96. The average Bonchev–Trinajstić information content (AvgIpc) is 2.27. The summed E-state index contributed by atoms with van der Waals surface area (Å²) in [5.41, 5.74) is 4.09. The number of aldehydes is 1. The summed E-state index contributed by atoms with van der Waals surface area (Å²) in [7, 11) is 0. The van der Waals surface area contributed by atoms with Crippen molar-refractivity contribution in [3.05, 3.63) is 34.9 Å². The molecule has 0 fully saturated rings. The number of carbonyl (C=O) groups is 1. The molecule has 16 heavy (non-hydrogen) atoms. The van der Waals surface area contributed by atoms with Gasteiger partial charge in [0.2, 0.25) is 0 Å². The summed E-state index contributed by atoms with van der Waals surface area (Å²) < 4.78 is 0. The second kappa shape index (κ2) is 5.35. The molecule has 0 spiro atoms. The third-order valence-corrected chi connectivity index (χ3v) is 3.25. The first-order valence-electron chi connectivity index (χ1n) is 5.43. The lowest BCUT2D eigenvalue weighted by Gasteiger charge is -2.12. The van der Waals surface area contributed by atoms with Crippen molar-refractivity contribution >= 4 is 24.5 Å². The fraction of sp³-hybridized carbons (Fsp3) is 0.357. The van der Waals surface area contributed by atoms with Gasteiger partial charge in [0.05, 0.1) is 0 Å². The van der Waals surface area contributed by atoms with Crippen LogP contribution in [0.5, 0.6) is 0 Å². The predicted molar refractivity (Wildman–Crippen MR) is 72.1 cm³/mol. The first-order valence-corrected chi connectivity index (χ1v) is 5.88. The summed E-state index contributed by atoms with van der Waals surface area (Å²) in [5, 5.41) is 0. The quantitative estimate of drug-likeness (QED) is 0.473. The van der Waals surface area contributed by atoms with E-state index in [1.807, 2.05) is 19.9 Å². The van der Waals surface area contributed by atoms with Gasteiger partial charge < -0.3 is 0 Å². The highest BCUT2D eigenvalue weighted by Gasteiger charge is 2.07. The monoisotopic (exact) mass is 234 g/mol. The molecule has 0 radical (unpaired) electrons. The number of allylic oxidation sites excluding steroid dienone is 2. The Balaban J connectivity index is 3.33. The van der Waals surface area contributed by atoms with Gasteiger partial charge in [0, 0.05) is 4.90 Å². The standard InChI is InChI=1S/C14H18OS/c1-9(2)12-5-6-14(16)13(7-12)11(4)10(3)8-15/h5-9,16H,1-4H3/b11-10+. The maximum atomic E-state index is 10.8. The van der Waals surface area contributed by atoms with Crippen LogP contribution in [0.1, 0.15) is 44.7 Å². The van der Waals surface area contributed by atoms with Gasteiger partial charge in [-0.15, -0.1) is 12.6 Å². The molecule has 0 aliphatic heterocycles. The molecule has 1 rings (SSSR count). The van der Waals surface area contributed by atoms with Gasteiger partial charge >= 0.3 is 0 Å². The molecule has 0 saturated carbocycles. The number of thiol groups is 1. The highest BCUT2D eigenvalue weighted by atomic mass is 32.1. The smallest absolute Gasteiger partial charge is 0.146 e. The van der Waals surface area contributed by atoms with E-state index in [0.29, 0.717) is 5.92 Å². The van der Waals surface area contributed by atoms with Crippen molar-refractivity contribution in [3.63, 3.8) is 0 Å². The van der Waals surface area contributed by atoms with Crippen molar-refractivity contribution in [2.75, 3.05) is 0 Å². The zero-order chi connectivity index (χ0) is 12.3. The SMILES string of the molecule is C/C(C=O)=C(/C)c1cc(C(C)C)ccc1S. The lowest BCUT2D eigenvalue weighted by molar-refractivity contribution is -0.104. The Morgan fingerprint density at radius 2 is 1.94 bits per heavy atom. The van der Waals surface area contributed by atoms with Crippen LogP contribution in [0.15, 0.2) is 28.7 Å². The zero-order valence-corrected chi connectivity index (χ0v) is 11.1. The molecule has 0 aliphatic carbocycles. The number of hydrogen-bond donors (Lipinski definition) is 1. The Morgan fingerprint density at radius 3 is 2.44 bits per heavy atom. The molecular weight excluding hydrogens is 216 g/mol. The maximum Gasteiger partial charge on any atom is 0.146 e. The van der Waals surface area contributed by atoms with E-state index >= 15 is 0 Å². The van der Waals surface area contributed by atoms with Gasteiger partial charge in [-0.25, -0.2) is 0 Å². The second-order valence-electron chi connectivity index (χ2n) is 4.36. The Hall–Kier alpha value is -1.02. The van der Waals surface area contributed by atoms with Gasteiger partial charge in [-0.1, -0.05) is 26.0 Å². The van der Waals surface area contributed by atoms with Crippen LogP contribution in [-0.4, -0.2) is 6.29 Å². The fourth-order valence-electron chi connectivity index (χ4n) is 1.51. The van der Waals surface area contributed by atoms with Crippen LogP contribution in [-0.2, 0) is 4.79 Å². The van der Waals surface area contributed by atoms with Gasteiger partial charge in [-0.05, 0) is 48.1 Å². The largest absolute Gasteiger partial charge is 0.298 e. The molecule has 0 heterocycles. The molecule has 0 unspecified atom stereocenters. The van der Waals surface area contributed by atoms with E-state index in [0.717, 1.165) is 27.9 Å². The number of hydrogen-bond acceptors (Lipinski definition) is 2. The first-order chi connectivity index (χ1) is 7.47. The maximum absolute atomic E-state index is 10.8. The molecule has 0 amide bonds. The van der Waals surface area contributed by atoms with E-state index in [1.165, 1.54) is 5.56 Å². The topological polar surface area (TPSA) is 17.1 Å². The van der Waals surface area contributed by atoms with Crippen molar-refractivity contribution in [1.29, 1.82) is 0 Å². The molecule has 0 aromatic heterocycles. The molecule has 1 aromatic carbocycles. The summed E-state index contributed by atoms with van der Waals surface area (Å²) in [6.07, 6.45) is 0.893. The Labute approximate surface area is 103 Å².